The van der Waals surface area contributed by atoms with Crippen LogP contribution in [0.4, 0.5) is 11.4 Å². The number of hydrogen-bond donors (Lipinski definition) is 1. The van der Waals surface area contributed by atoms with Crippen LogP contribution < -0.4 is 19.5 Å². The lowest BCUT2D eigenvalue weighted by Gasteiger charge is -2.12. The van der Waals surface area contributed by atoms with Crippen LogP contribution in [0.2, 0.25) is 5.02 Å². The number of aromatic nitrogens is 2. The Morgan fingerprint density at radius 1 is 1.05 bits per heavy atom. The Kier molecular flexibility index (Phi) is 8.49. The molecule has 4 aromatic rings. The summed E-state index contributed by atoms with van der Waals surface area (Å²) in [5.74, 6) is 1.61. The number of carbonyl (C=O) groups is 1. The van der Waals surface area contributed by atoms with Crippen LogP contribution in [0.5, 0.6) is 17.2 Å². The average molecular weight is 541 g/mol. The Morgan fingerprint density at radius 3 is 2.55 bits per heavy atom. The summed E-state index contributed by atoms with van der Waals surface area (Å²) >= 11 is 6.04. The van der Waals surface area contributed by atoms with E-state index in [0.717, 1.165) is 5.56 Å². The van der Waals surface area contributed by atoms with E-state index < -0.39 is 10.8 Å². The fraction of sp³-hybridized carbons (Fsp3) is 0.231. The summed E-state index contributed by atoms with van der Waals surface area (Å²) in [6.07, 6.45) is 3.25. The number of hydrogen-bond acceptors (Lipinski definition) is 8. The van der Waals surface area contributed by atoms with Gasteiger partial charge in [-0.15, -0.1) is 0 Å². The largest absolute Gasteiger partial charge is 0.490 e. The van der Waals surface area contributed by atoms with Crippen LogP contribution in [0, 0.1) is 10.1 Å². The van der Waals surface area contributed by atoms with E-state index in [0.29, 0.717) is 42.7 Å². The van der Waals surface area contributed by atoms with E-state index in [1.165, 1.54) is 24.3 Å². The SMILES string of the molecule is CCOc1ccc(Cn2cc(NC(=O)c3ccc(COc4ccc([N+](=O)[O-])cc4Cl)o3)cn2)cc1OCC. The minimum absolute atomic E-state index is 0.0193. The number of ether oxygens (including phenoxy) is 3. The number of non-ortho nitro benzene ring substituents is 1. The van der Waals surface area contributed by atoms with Crippen molar-refractivity contribution in [2.45, 2.75) is 27.0 Å². The standard InChI is InChI=1S/C26H25ClN4O7/c1-3-35-23-8-5-17(11-25(23)36-4-2)14-30-15-18(13-28-30)29-26(32)24-10-7-20(38-24)16-37-22-9-6-19(31(33)34)12-21(22)27/h5-13,15H,3-4,14,16H2,1-2H3,(H,29,32). The zero-order valence-corrected chi connectivity index (χ0v) is 21.4. The molecule has 0 aliphatic heterocycles. The van der Waals surface area contributed by atoms with Gasteiger partial charge in [0.25, 0.3) is 11.6 Å². The van der Waals surface area contributed by atoms with Gasteiger partial charge in [-0.3, -0.25) is 19.6 Å². The Hall–Kier alpha value is -4.51. The molecule has 0 aliphatic rings. The first kappa shape index (κ1) is 26.6. The van der Waals surface area contributed by atoms with Crippen molar-refractivity contribution in [1.82, 2.24) is 9.78 Å². The number of rotatable bonds is 12. The van der Waals surface area contributed by atoms with Gasteiger partial charge in [0.2, 0.25) is 0 Å². The lowest BCUT2D eigenvalue weighted by Crippen LogP contribution is -2.10. The van der Waals surface area contributed by atoms with Crippen LogP contribution in [-0.2, 0) is 13.2 Å². The van der Waals surface area contributed by atoms with Crippen LogP contribution in [0.15, 0.2) is 65.3 Å². The Balaban J connectivity index is 1.34. The second kappa shape index (κ2) is 12.2. The lowest BCUT2D eigenvalue weighted by molar-refractivity contribution is -0.384. The molecule has 38 heavy (non-hydrogen) atoms. The van der Waals surface area contributed by atoms with Crippen LogP contribution in [0.1, 0.15) is 35.7 Å². The molecule has 1 amide bonds. The summed E-state index contributed by atoms with van der Waals surface area (Å²) in [5.41, 5.74) is 1.32. The highest BCUT2D eigenvalue weighted by molar-refractivity contribution is 6.32. The molecule has 0 atom stereocenters. The summed E-state index contributed by atoms with van der Waals surface area (Å²) in [6, 6.07) is 12.7. The molecular formula is C26H25ClN4O7. The smallest absolute Gasteiger partial charge is 0.291 e. The minimum atomic E-state index is -0.546. The average Bonchev–Trinajstić information content (AvgIpc) is 3.54. The minimum Gasteiger partial charge on any atom is -0.490 e. The molecule has 0 bridgehead atoms. The molecule has 0 fully saturated rings. The van der Waals surface area contributed by atoms with Crippen molar-refractivity contribution in [3.8, 4) is 17.2 Å². The number of carbonyl (C=O) groups excluding carboxylic acids is 1. The number of nitro groups is 1. The molecule has 0 saturated carbocycles. The van der Waals surface area contributed by atoms with Crippen LogP contribution in [-0.4, -0.2) is 33.8 Å². The van der Waals surface area contributed by atoms with E-state index in [1.807, 2.05) is 32.0 Å². The molecule has 4 rings (SSSR count). The number of benzene rings is 2. The number of halogens is 1. The van der Waals surface area contributed by atoms with Gasteiger partial charge >= 0.3 is 0 Å². The maximum absolute atomic E-state index is 12.6. The molecule has 0 spiro atoms. The molecule has 1 N–H and O–H groups in total. The number of furan rings is 1. The second-order valence-corrected chi connectivity index (χ2v) is 8.36. The predicted molar refractivity (Wildman–Crippen MR) is 139 cm³/mol. The first-order valence-electron chi connectivity index (χ1n) is 11.7. The number of nitrogens with zero attached hydrogens (tertiary/aromatic N) is 3. The third kappa shape index (κ3) is 6.62. The fourth-order valence-corrected chi connectivity index (χ4v) is 3.76. The first-order valence-corrected chi connectivity index (χ1v) is 12.1. The van der Waals surface area contributed by atoms with Crippen molar-refractivity contribution in [3.63, 3.8) is 0 Å². The van der Waals surface area contributed by atoms with E-state index in [2.05, 4.69) is 10.4 Å². The number of nitro benzene ring substituents is 1. The molecule has 12 heteroatoms. The Morgan fingerprint density at radius 2 is 1.82 bits per heavy atom. The molecular weight excluding hydrogens is 516 g/mol. The predicted octanol–water partition coefficient (Wildman–Crippen LogP) is 5.71. The van der Waals surface area contributed by atoms with Gasteiger partial charge in [-0.2, -0.15) is 5.10 Å². The van der Waals surface area contributed by atoms with Crippen molar-refractivity contribution >= 4 is 28.9 Å². The molecule has 11 nitrogen and oxygen atoms in total. The Bertz CT molecular complexity index is 1430. The first-order chi connectivity index (χ1) is 18.4. The monoisotopic (exact) mass is 540 g/mol. The van der Waals surface area contributed by atoms with Gasteiger partial charge in [-0.1, -0.05) is 17.7 Å². The van der Waals surface area contributed by atoms with E-state index >= 15 is 0 Å². The normalized spacial score (nSPS) is 10.7. The summed E-state index contributed by atoms with van der Waals surface area (Å²) in [5, 5.41) is 18.0. The topological polar surface area (TPSA) is 131 Å². The van der Waals surface area contributed by atoms with Gasteiger partial charge < -0.3 is 23.9 Å². The third-order valence-electron chi connectivity index (χ3n) is 5.23. The van der Waals surface area contributed by atoms with Crippen LogP contribution in [0.3, 0.4) is 0 Å². The quantitative estimate of drug-likeness (QED) is 0.178. The third-order valence-corrected chi connectivity index (χ3v) is 5.52. The van der Waals surface area contributed by atoms with Crippen molar-refractivity contribution in [3.05, 3.63) is 93.1 Å². The molecule has 0 saturated heterocycles. The van der Waals surface area contributed by atoms with E-state index in [-0.39, 0.29) is 28.8 Å². The van der Waals surface area contributed by atoms with Crippen LogP contribution in [0.25, 0.3) is 0 Å². The maximum atomic E-state index is 12.6. The molecule has 2 aromatic carbocycles. The maximum Gasteiger partial charge on any atom is 0.291 e. The highest BCUT2D eigenvalue weighted by atomic mass is 35.5. The zero-order valence-electron chi connectivity index (χ0n) is 20.7. The zero-order chi connectivity index (χ0) is 27.1. The summed E-state index contributed by atoms with van der Waals surface area (Å²) in [6.45, 7) is 5.34. The van der Waals surface area contributed by atoms with Crippen molar-refractivity contribution in [2.75, 3.05) is 18.5 Å². The number of nitrogens with one attached hydrogen (secondary N) is 1. The molecule has 2 aromatic heterocycles. The van der Waals surface area contributed by atoms with Gasteiger partial charge in [0.15, 0.2) is 17.3 Å². The molecule has 2 heterocycles. The summed E-state index contributed by atoms with van der Waals surface area (Å²) in [4.78, 5) is 22.9. The summed E-state index contributed by atoms with van der Waals surface area (Å²) in [7, 11) is 0. The molecule has 0 unspecified atom stereocenters. The molecule has 0 aliphatic carbocycles. The lowest BCUT2D eigenvalue weighted by atomic mass is 10.2. The highest BCUT2D eigenvalue weighted by Gasteiger charge is 2.15. The number of amides is 1. The van der Waals surface area contributed by atoms with Gasteiger partial charge in [-0.25, -0.2) is 0 Å². The molecule has 0 radical (unpaired) electrons. The fourth-order valence-electron chi connectivity index (χ4n) is 3.53. The van der Waals surface area contributed by atoms with Crippen LogP contribution >= 0.6 is 11.6 Å². The number of anilines is 1. The van der Waals surface area contributed by atoms with Gasteiger partial charge in [0.1, 0.15) is 18.1 Å². The van der Waals surface area contributed by atoms with Gasteiger partial charge in [0.05, 0.1) is 41.6 Å². The van der Waals surface area contributed by atoms with E-state index in [9.17, 15) is 14.9 Å². The molecule has 198 valence electrons. The van der Waals surface area contributed by atoms with Crippen molar-refractivity contribution in [1.29, 1.82) is 0 Å². The van der Waals surface area contributed by atoms with Gasteiger partial charge in [0, 0.05) is 18.3 Å². The van der Waals surface area contributed by atoms with E-state index in [4.69, 9.17) is 30.2 Å². The second-order valence-electron chi connectivity index (χ2n) is 7.95. The summed E-state index contributed by atoms with van der Waals surface area (Å²) < 4.78 is 24.1. The van der Waals surface area contributed by atoms with E-state index in [1.54, 1.807) is 23.1 Å². The van der Waals surface area contributed by atoms with Crippen molar-refractivity contribution in [2.24, 2.45) is 0 Å². The Labute approximate surface area is 223 Å². The van der Waals surface area contributed by atoms with Crippen molar-refractivity contribution < 1.29 is 28.3 Å². The van der Waals surface area contributed by atoms with Gasteiger partial charge in [-0.05, 0) is 49.7 Å². The highest BCUT2D eigenvalue weighted by Crippen LogP contribution is 2.30.